The van der Waals surface area contributed by atoms with Crippen LogP contribution in [0, 0.1) is 19.3 Å². The van der Waals surface area contributed by atoms with Gasteiger partial charge in [-0.3, -0.25) is 0 Å². The van der Waals surface area contributed by atoms with Crippen LogP contribution >= 0.6 is 0 Å². The van der Waals surface area contributed by atoms with Crippen molar-refractivity contribution in [2.75, 3.05) is 6.54 Å². The molecule has 2 N–H and O–H groups in total. The maximum Gasteiger partial charge on any atom is 0.120 e. The SMILES string of the molecule is C#CCNCc1cc(C)ccc1O. The molecule has 0 bridgehead atoms. The lowest BCUT2D eigenvalue weighted by Crippen LogP contribution is -2.13. The Morgan fingerprint density at radius 3 is 3.00 bits per heavy atom. The minimum Gasteiger partial charge on any atom is -0.508 e. The monoisotopic (exact) mass is 175 g/mol. The van der Waals surface area contributed by atoms with E-state index in [2.05, 4.69) is 11.2 Å². The van der Waals surface area contributed by atoms with Gasteiger partial charge in [-0.15, -0.1) is 6.42 Å². The van der Waals surface area contributed by atoms with Crippen molar-refractivity contribution in [2.24, 2.45) is 0 Å². The van der Waals surface area contributed by atoms with Crippen LogP contribution in [-0.2, 0) is 6.54 Å². The van der Waals surface area contributed by atoms with E-state index in [1.165, 1.54) is 0 Å². The number of terminal acetylenes is 1. The van der Waals surface area contributed by atoms with Gasteiger partial charge in [0.25, 0.3) is 0 Å². The molecule has 2 heteroatoms. The van der Waals surface area contributed by atoms with E-state index < -0.39 is 0 Å². The Bertz CT molecular complexity index is 325. The first-order valence-electron chi connectivity index (χ1n) is 4.16. The molecule has 1 aromatic rings. The fourth-order valence-electron chi connectivity index (χ4n) is 1.13. The van der Waals surface area contributed by atoms with E-state index in [-0.39, 0.29) is 0 Å². The van der Waals surface area contributed by atoms with Crippen LogP contribution in [0.3, 0.4) is 0 Å². The predicted molar refractivity (Wildman–Crippen MR) is 53.4 cm³/mol. The van der Waals surface area contributed by atoms with E-state index in [9.17, 15) is 5.11 Å². The third-order valence-corrected chi connectivity index (χ3v) is 1.78. The zero-order chi connectivity index (χ0) is 9.68. The highest BCUT2D eigenvalue weighted by molar-refractivity contribution is 5.35. The summed E-state index contributed by atoms with van der Waals surface area (Å²) < 4.78 is 0. The number of phenols is 1. The Hall–Kier alpha value is -1.46. The summed E-state index contributed by atoms with van der Waals surface area (Å²) in [7, 11) is 0. The highest BCUT2D eigenvalue weighted by Gasteiger charge is 1.99. The Labute approximate surface area is 78.6 Å². The lowest BCUT2D eigenvalue weighted by molar-refractivity contribution is 0.465. The van der Waals surface area contributed by atoms with Crippen LogP contribution in [0.2, 0.25) is 0 Å². The summed E-state index contributed by atoms with van der Waals surface area (Å²) in [6.45, 7) is 3.12. The second-order valence-electron chi connectivity index (χ2n) is 2.94. The van der Waals surface area contributed by atoms with Crippen molar-refractivity contribution in [3.63, 3.8) is 0 Å². The summed E-state index contributed by atoms with van der Waals surface area (Å²) >= 11 is 0. The number of phenolic OH excluding ortho intramolecular Hbond substituents is 1. The molecule has 0 aromatic heterocycles. The molecule has 0 atom stereocenters. The largest absolute Gasteiger partial charge is 0.508 e. The first kappa shape index (κ1) is 9.63. The number of nitrogens with one attached hydrogen (secondary N) is 1. The average molecular weight is 175 g/mol. The minimum atomic E-state index is 0.315. The van der Waals surface area contributed by atoms with Crippen molar-refractivity contribution in [1.29, 1.82) is 0 Å². The van der Waals surface area contributed by atoms with Crippen molar-refractivity contribution in [3.8, 4) is 18.1 Å². The molecule has 0 spiro atoms. The first-order chi connectivity index (χ1) is 6.24. The molecule has 68 valence electrons. The van der Waals surface area contributed by atoms with Gasteiger partial charge >= 0.3 is 0 Å². The zero-order valence-corrected chi connectivity index (χ0v) is 7.67. The molecule has 0 heterocycles. The minimum absolute atomic E-state index is 0.315. The average Bonchev–Trinajstić information content (AvgIpc) is 2.11. The molecule has 2 nitrogen and oxygen atoms in total. The van der Waals surface area contributed by atoms with Crippen molar-refractivity contribution < 1.29 is 5.11 Å². The smallest absolute Gasteiger partial charge is 0.120 e. The second kappa shape index (κ2) is 4.54. The van der Waals surface area contributed by atoms with Gasteiger partial charge in [-0.05, 0) is 13.0 Å². The normalized spacial score (nSPS) is 9.54. The topological polar surface area (TPSA) is 32.3 Å². The van der Waals surface area contributed by atoms with E-state index in [0.717, 1.165) is 11.1 Å². The van der Waals surface area contributed by atoms with Gasteiger partial charge in [0.1, 0.15) is 5.75 Å². The number of benzene rings is 1. The van der Waals surface area contributed by atoms with Crippen LogP contribution in [0.5, 0.6) is 5.75 Å². The maximum atomic E-state index is 9.44. The Kier molecular flexibility index (Phi) is 3.36. The van der Waals surface area contributed by atoms with E-state index in [4.69, 9.17) is 6.42 Å². The number of rotatable bonds is 3. The Morgan fingerprint density at radius 1 is 1.54 bits per heavy atom. The first-order valence-corrected chi connectivity index (χ1v) is 4.16. The number of aryl methyl sites for hydroxylation is 1. The molecule has 0 aliphatic heterocycles. The summed E-state index contributed by atoms with van der Waals surface area (Å²) in [4.78, 5) is 0. The van der Waals surface area contributed by atoms with Crippen LogP contribution in [0.4, 0.5) is 0 Å². The van der Waals surface area contributed by atoms with Crippen LogP contribution in [-0.4, -0.2) is 11.7 Å². The van der Waals surface area contributed by atoms with Gasteiger partial charge in [0.15, 0.2) is 0 Å². The molecule has 1 rings (SSSR count). The molecule has 13 heavy (non-hydrogen) atoms. The molecule has 0 aliphatic carbocycles. The molecule has 0 saturated carbocycles. The van der Waals surface area contributed by atoms with Crippen molar-refractivity contribution >= 4 is 0 Å². The molecular weight excluding hydrogens is 162 g/mol. The molecule has 0 radical (unpaired) electrons. The van der Waals surface area contributed by atoms with Gasteiger partial charge in [0.2, 0.25) is 0 Å². The summed E-state index contributed by atoms with van der Waals surface area (Å²) in [6.07, 6.45) is 5.09. The molecule has 0 unspecified atom stereocenters. The lowest BCUT2D eigenvalue weighted by atomic mass is 10.1. The molecule has 0 saturated heterocycles. The second-order valence-corrected chi connectivity index (χ2v) is 2.94. The van der Waals surface area contributed by atoms with E-state index >= 15 is 0 Å². The molecule has 0 amide bonds. The predicted octanol–water partition coefficient (Wildman–Crippen LogP) is 1.42. The van der Waals surface area contributed by atoms with Crippen LogP contribution in [0.25, 0.3) is 0 Å². The molecule has 1 aromatic carbocycles. The number of aromatic hydroxyl groups is 1. The Balaban J connectivity index is 2.65. The van der Waals surface area contributed by atoms with E-state index in [1.807, 2.05) is 19.1 Å². The fourth-order valence-corrected chi connectivity index (χ4v) is 1.13. The van der Waals surface area contributed by atoms with Crippen molar-refractivity contribution in [3.05, 3.63) is 29.3 Å². The lowest BCUT2D eigenvalue weighted by Gasteiger charge is -2.05. The van der Waals surface area contributed by atoms with Gasteiger partial charge in [0.05, 0.1) is 6.54 Å². The number of hydrogen-bond donors (Lipinski definition) is 2. The van der Waals surface area contributed by atoms with Crippen molar-refractivity contribution in [2.45, 2.75) is 13.5 Å². The third-order valence-electron chi connectivity index (χ3n) is 1.78. The van der Waals surface area contributed by atoms with E-state index in [1.54, 1.807) is 6.07 Å². The summed E-state index contributed by atoms with van der Waals surface area (Å²) in [6, 6.07) is 5.51. The molecule has 0 fully saturated rings. The standard InChI is InChI=1S/C11H13NO/c1-3-6-12-8-10-7-9(2)4-5-11(10)13/h1,4-5,7,12-13H,6,8H2,2H3. The van der Waals surface area contributed by atoms with Gasteiger partial charge < -0.3 is 10.4 Å². The van der Waals surface area contributed by atoms with Crippen LogP contribution in [0.1, 0.15) is 11.1 Å². The molecule has 0 aliphatic rings. The van der Waals surface area contributed by atoms with Crippen molar-refractivity contribution in [1.82, 2.24) is 5.32 Å². The van der Waals surface area contributed by atoms with Gasteiger partial charge in [0, 0.05) is 12.1 Å². The zero-order valence-electron chi connectivity index (χ0n) is 7.67. The highest BCUT2D eigenvalue weighted by Crippen LogP contribution is 2.17. The summed E-state index contributed by atoms with van der Waals surface area (Å²) in [5.74, 6) is 2.79. The van der Waals surface area contributed by atoms with Crippen LogP contribution in [0.15, 0.2) is 18.2 Å². The number of hydrogen-bond acceptors (Lipinski definition) is 2. The fraction of sp³-hybridized carbons (Fsp3) is 0.273. The molecular formula is C11H13NO. The maximum absolute atomic E-state index is 9.44. The van der Waals surface area contributed by atoms with Gasteiger partial charge in [-0.2, -0.15) is 0 Å². The van der Waals surface area contributed by atoms with Crippen LogP contribution < -0.4 is 5.32 Å². The summed E-state index contributed by atoms with van der Waals surface area (Å²) in [5.41, 5.74) is 2.02. The summed E-state index contributed by atoms with van der Waals surface area (Å²) in [5, 5.41) is 12.5. The Morgan fingerprint density at radius 2 is 2.31 bits per heavy atom. The quantitative estimate of drug-likeness (QED) is 0.538. The third kappa shape index (κ3) is 2.81. The highest BCUT2D eigenvalue weighted by atomic mass is 16.3. The van der Waals surface area contributed by atoms with E-state index in [0.29, 0.717) is 18.8 Å². The van der Waals surface area contributed by atoms with Gasteiger partial charge in [-0.1, -0.05) is 23.6 Å². The van der Waals surface area contributed by atoms with Gasteiger partial charge in [-0.25, -0.2) is 0 Å².